The van der Waals surface area contributed by atoms with Crippen LogP contribution >= 0.6 is 0 Å². The molecule has 1 rings (SSSR count). The van der Waals surface area contributed by atoms with Gasteiger partial charge in [0.05, 0.1) is 13.7 Å². The monoisotopic (exact) mass is 230 g/mol. The van der Waals surface area contributed by atoms with Crippen LogP contribution in [0.3, 0.4) is 0 Å². The van der Waals surface area contributed by atoms with Gasteiger partial charge >= 0.3 is 10.1 Å². The Morgan fingerprint density at radius 2 is 2.00 bits per heavy atom. The van der Waals surface area contributed by atoms with Crippen molar-refractivity contribution in [2.24, 2.45) is 0 Å². The number of benzene rings is 1. The predicted octanol–water partition coefficient (Wildman–Crippen LogP) is 1.73. The average molecular weight is 230 g/mol. The quantitative estimate of drug-likeness (QED) is 0.739. The Bertz CT molecular complexity index is 437. The van der Waals surface area contributed by atoms with Crippen LogP contribution in [0.4, 0.5) is 0 Å². The van der Waals surface area contributed by atoms with Crippen LogP contribution in [-0.2, 0) is 14.3 Å². The Morgan fingerprint density at radius 3 is 2.53 bits per heavy atom. The molecule has 0 aromatic heterocycles. The van der Waals surface area contributed by atoms with Crippen molar-refractivity contribution in [3.63, 3.8) is 0 Å². The molecule has 1 aromatic carbocycles. The zero-order chi connectivity index (χ0) is 11.5. The number of methoxy groups -OCH3 is 1. The van der Waals surface area contributed by atoms with E-state index in [2.05, 4.69) is 4.18 Å². The van der Waals surface area contributed by atoms with E-state index < -0.39 is 10.1 Å². The zero-order valence-corrected chi connectivity index (χ0v) is 9.80. The van der Waals surface area contributed by atoms with Crippen LogP contribution in [0.1, 0.15) is 12.5 Å². The number of rotatable bonds is 4. The first-order valence-electron chi connectivity index (χ1n) is 4.55. The van der Waals surface area contributed by atoms with Gasteiger partial charge in [-0.3, -0.25) is 4.18 Å². The first kappa shape index (κ1) is 12.0. The van der Waals surface area contributed by atoms with Crippen molar-refractivity contribution >= 4 is 10.1 Å². The maximum Gasteiger partial charge on any atom is 0.300 e. The summed E-state index contributed by atoms with van der Waals surface area (Å²) in [6.45, 7) is 3.59. The van der Waals surface area contributed by atoms with E-state index in [0.29, 0.717) is 5.75 Å². The van der Waals surface area contributed by atoms with Crippen molar-refractivity contribution in [2.45, 2.75) is 18.7 Å². The van der Waals surface area contributed by atoms with E-state index in [9.17, 15) is 8.42 Å². The second kappa shape index (κ2) is 4.63. The molecule has 0 aliphatic rings. The molecule has 15 heavy (non-hydrogen) atoms. The molecule has 0 amide bonds. The maximum absolute atomic E-state index is 11.6. The van der Waals surface area contributed by atoms with E-state index in [4.69, 9.17) is 4.74 Å². The van der Waals surface area contributed by atoms with Gasteiger partial charge in [0.15, 0.2) is 0 Å². The van der Waals surface area contributed by atoms with Crippen molar-refractivity contribution in [3.8, 4) is 5.75 Å². The van der Waals surface area contributed by atoms with Gasteiger partial charge in [-0.25, -0.2) is 0 Å². The van der Waals surface area contributed by atoms with Crippen LogP contribution in [0, 0.1) is 6.92 Å². The predicted molar refractivity (Wildman–Crippen MR) is 56.5 cm³/mol. The summed E-state index contributed by atoms with van der Waals surface area (Å²) in [7, 11) is -2.26. The molecule has 4 nitrogen and oxygen atoms in total. The molecule has 0 heterocycles. The third-order valence-corrected chi connectivity index (χ3v) is 3.28. The van der Waals surface area contributed by atoms with Crippen molar-refractivity contribution in [3.05, 3.63) is 23.8 Å². The van der Waals surface area contributed by atoms with E-state index >= 15 is 0 Å². The summed E-state index contributed by atoms with van der Waals surface area (Å²) in [6.07, 6.45) is 0. The molecule has 0 aliphatic heterocycles. The third-order valence-electron chi connectivity index (χ3n) is 1.86. The third kappa shape index (κ3) is 2.70. The van der Waals surface area contributed by atoms with Gasteiger partial charge < -0.3 is 4.74 Å². The minimum Gasteiger partial charge on any atom is -0.495 e. The second-order valence-corrected chi connectivity index (χ2v) is 4.60. The zero-order valence-electron chi connectivity index (χ0n) is 8.98. The Morgan fingerprint density at radius 1 is 1.33 bits per heavy atom. The summed E-state index contributed by atoms with van der Waals surface area (Å²) in [5, 5.41) is 0. The van der Waals surface area contributed by atoms with Crippen molar-refractivity contribution < 1.29 is 17.3 Å². The molecule has 0 fully saturated rings. The Hall–Kier alpha value is -1.07. The van der Waals surface area contributed by atoms with Gasteiger partial charge in [-0.15, -0.1) is 0 Å². The summed E-state index contributed by atoms with van der Waals surface area (Å²) in [4.78, 5) is 0.0671. The first-order valence-corrected chi connectivity index (χ1v) is 5.96. The van der Waals surface area contributed by atoms with E-state index in [1.165, 1.54) is 13.2 Å². The van der Waals surface area contributed by atoms with Crippen LogP contribution in [0.5, 0.6) is 5.75 Å². The van der Waals surface area contributed by atoms with E-state index in [1.807, 2.05) is 6.92 Å². The largest absolute Gasteiger partial charge is 0.495 e. The van der Waals surface area contributed by atoms with Gasteiger partial charge in [-0.05, 0) is 31.5 Å². The van der Waals surface area contributed by atoms with Gasteiger partial charge in [0.2, 0.25) is 0 Å². The fourth-order valence-corrected chi connectivity index (χ4v) is 2.26. The molecular weight excluding hydrogens is 216 g/mol. The molecule has 5 heteroatoms. The molecule has 0 spiro atoms. The number of hydrogen-bond acceptors (Lipinski definition) is 4. The van der Waals surface area contributed by atoms with Crippen molar-refractivity contribution in [1.29, 1.82) is 0 Å². The highest BCUT2D eigenvalue weighted by Crippen LogP contribution is 2.26. The molecule has 0 saturated carbocycles. The number of aryl methyl sites for hydroxylation is 1. The van der Waals surface area contributed by atoms with Crippen LogP contribution in [-0.4, -0.2) is 22.1 Å². The first-order chi connectivity index (χ1) is 7.01. The lowest BCUT2D eigenvalue weighted by atomic mass is 10.2. The topological polar surface area (TPSA) is 52.6 Å². The summed E-state index contributed by atoms with van der Waals surface area (Å²) in [6, 6.07) is 4.85. The molecule has 0 saturated heterocycles. The normalized spacial score (nSPS) is 11.4. The molecule has 84 valence electrons. The Balaban J connectivity index is 3.25. The van der Waals surface area contributed by atoms with Gasteiger partial charge in [-0.2, -0.15) is 8.42 Å². The lowest BCUT2D eigenvalue weighted by Crippen LogP contribution is -2.07. The fraction of sp³-hybridized carbons (Fsp3) is 0.400. The molecule has 1 aromatic rings. The molecule has 0 atom stereocenters. The Labute approximate surface area is 90.0 Å². The van der Waals surface area contributed by atoms with Gasteiger partial charge in [0, 0.05) is 0 Å². The molecule has 0 bridgehead atoms. The highest BCUT2D eigenvalue weighted by Gasteiger charge is 2.19. The van der Waals surface area contributed by atoms with Gasteiger partial charge in [0.25, 0.3) is 0 Å². The summed E-state index contributed by atoms with van der Waals surface area (Å²) in [5.41, 5.74) is 0.933. The second-order valence-electron chi connectivity index (χ2n) is 3.01. The average Bonchev–Trinajstić information content (AvgIpc) is 2.17. The van der Waals surface area contributed by atoms with Crippen LogP contribution in [0.2, 0.25) is 0 Å². The van der Waals surface area contributed by atoms with Crippen LogP contribution in [0.15, 0.2) is 23.1 Å². The highest BCUT2D eigenvalue weighted by molar-refractivity contribution is 7.86. The van der Waals surface area contributed by atoms with Crippen LogP contribution in [0.25, 0.3) is 0 Å². The standard InChI is InChI=1S/C10H14O4S/c1-4-14-15(11,12)10-6-5-8(2)7-9(10)13-3/h5-7H,4H2,1-3H3. The van der Waals surface area contributed by atoms with E-state index in [-0.39, 0.29) is 11.5 Å². The molecule has 0 radical (unpaired) electrons. The van der Waals surface area contributed by atoms with E-state index in [0.717, 1.165) is 5.56 Å². The molecule has 0 aliphatic carbocycles. The van der Waals surface area contributed by atoms with Crippen molar-refractivity contribution in [2.75, 3.05) is 13.7 Å². The SMILES string of the molecule is CCOS(=O)(=O)c1ccc(C)cc1OC. The highest BCUT2D eigenvalue weighted by atomic mass is 32.2. The van der Waals surface area contributed by atoms with Gasteiger partial charge in [-0.1, -0.05) is 6.07 Å². The van der Waals surface area contributed by atoms with Gasteiger partial charge in [0.1, 0.15) is 10.6 Å². The minimum atomic E-state index is -3.69. The lowest BCUT2D eigenvalue weighted by molar-refractivity contribution is 0.332. The van der Waals surface area contributed by atoms with Crippen LogP contribution < -0.4 is 4.74 Å². The maximum atomic E-state index is 11.6. The number of hydrogen-bond donors (Lipinski definition) is 0. The molecule has 0 N–H and O–H groups in total. The molecular formula is C10H14O4S. The minimum absolute atomic E-state index is 0.0671. The Kier molecular flexibility index (Phi) is 3.71. The van der Waals surface area contributed by atoms with Crippen molar-refractivity contribution in [1.82, 2.24) is 0 Å². The summed E-state index contributed by atoms with van der Waals surface area (Å²) < 4.78 is 32.9. The summed E-state index contributed by atoms with van der Waals surface area (Å²) in [5.74, 6) is 0.309. The number of ether oxygens (including phenoxy) is 1. The lowest BCUT2D eigenvalue weighted by Gasteiger charge is -2.09. The smallest absolute Gasteiger partial charge is 0.300 e. The summed E-state index contributed by atoms with van der Waals surface area (Å²) >= 11 is 0. The molecule has 0 unspecified atom stereocenters. The van der Waals surface area contributed by atoms with E-state index in [1.54, 1.807) is 19.1 Å². The fourth-order valence-electron chi connectivity index (χ4n) is 1.20.